The van der Waals surface area contributed by atoms with Crippen molar-refractivity contribution in [2.75, 3.05) is 13.7 Å². The maximum absolute atomic E-state index is 12.1. The zero-order chi connectivity index (χ0) is 15.4. The van der Waals surface area contributed by atoms with Crippen LogP contribution in [0, 0.1) is 5.92 Å². The summed E-state index contributed by atoms with van der Waals surface area (Å²) < 4.78 is 10.3. The van der Waals surface area contributed by atoms with E-state index in [4.69, 9.17) is 9.47 Å². The van der Waals surface area contributed by atoms with Gasteiger partial charge in [0, 0.05) is 18.4 Å². The van der Waals surface area contributed by atoms with E-state index in [9.17, 15) is 14.7 Å². The second-order valence-electron chi connectivity index (χ2n) is 4.82. The molecule has 2 atom stereocenters. The Morgan fingerprint density at radius 1 is 1.38 bits per heavy atom. The minimum absolute atomic E-state index is 0.133. The number of rotatable bonds is 4. The first kappa shape index (κ1) is 15.1. The van der Waals surface area contributed by atoms with Crippen LogP contribution in [-0.2, 0) is 14.3 Å². The van der Waals surface area contributed by atoms with Crippen molar-refractivity contribution in [2.24, 2.45) is 5.92 Å². The van der Waals surface area contributed by atoms with Crippen LogP contribution in [0.25, 0.3) is 0 Å². The van der Waals surface area contributed by atoms with Crippen molar-refractivity contribution >= 4 is 11.8 Å². The van der Waals surface area contributed by atoms with E-state index in [0.717, 1.165) is 6.08 Å². The molecule has 1 N–H and O–H groups in total. The SMILES string of the molecule is CCOC(=O)C1C(O)=CC(=O)CC1c1ccccc1OC. The second kappa shape index (κ2) is 6.43. The number of ketones is 1. The number of hydrogen-bond donors (Lipinski definition) is 1. The smallest absolute Gasteiger partial charge is 0.317 e. The van der Waals surface area contributed by atoms with Gasteiger partial charge in [0.25, 0.3) is 0 Å². The lowest BCUT2D eigenvalue weighted by Crippen LogP contribution is -2.31. The van der Waals surface area contributed by atoms with Gasteiger partial charge in [-0.2, -0.15) is 0 Å². The molecule has 2 rings (SSSR count). The van der Waals surface area contributed by atoms with Crippen LogP contribution in [0.2, 0.25) is 0 Å². The third-order valence-electron chi connectivity index (χ3n) is 3.53. The molecule has 0 bridgehead atoms. The summed E-state index contributed by atoms with van der Waals surface area (Å²) in [6, 6.07) is 7.17. The fourth-order valence-electron chi connectivity index (χ4n) is 2.63. The Bertz CT molecular complexity index is 576. The Morgan fingerprint density at radius 2 is 2.10 bits per heavy atom. The van der Waals surface area contributed by atoms with Crippen LogP contribution in [0.3, 0.4) is 0 Å². The Labute approximate surface area is 123 Å². The number of aliphatic hydroxyl groups excluding tert-OH is 1. The van der Waals surface area contributed by atoms with Gasteiger partial charge in [-0.15, -0.1) is 0 Å². The van der Waals surface area contributed by atoms with Gasteiger partial charge in [-0.25, -0.2) is 0 Å². The number of ether oxygens (including phenoxy) is 2. The van der Waals surface area contributed by atoms with Crippen LogP contribution >= 0.6 is 0 Å². The second-order valence-corrected chi connectivity index (χ2v) is 4.82. The number of carbonyl (C=O) groups excluding carboxylic acids is 2. The third-order valence-corrected chi connectivity index (χ3v) is 3.53. The lowest BCUT2D eigenvalue weighted by molar-refractivity contribution is -0.148. The van der Waals surface area contributed by atoms with E-state index < -0.39 is 17.8 Å². The number of methoxy groups -OCH3 is 1. The zero-order valence-electron chi connectivity index (χ0n) is 12.0. The van der Waals surface area contributed by atoms with Crippen LogP contribution in [0.15, 0.2) is 36.1 Å². The number of hydrogen-bond acceptors (Lipinski definition) is 5. The maximum atomic E-state index is 12.1. The van der Waals surface area contributed by atoms with Gasteiger partial charge < -0.3 is 14.6 Å². The van der Waals surface area contributed by atoms with Crippen molar-refractivity contribution in [2.45, 2.75) is 19.3 Å². The van der Waals surface area contributed by atoms with Gasteiger partial charge in [-0.05, 0) is 18.6 Å². The lowest BCUT2D eigenvalue weighted by atomic mass is 9.77. The van der Waals surface area contributed by atoms with Gasteiger partial charge in [0.1, 0.15) is 17.4 Å². The molecule has 1 aliphatic carbocycles. The largest absolute Gasteiger partial charge is 0.511 e. The lowest BCUT2D eigenvalue weighted by Gasteiger charge is -2.28. The Hall–Kier alpha value is -2.30. The fourth-order valence-corrected chi connectivity index (χ4v) is 2.63. The highest BCUT2D eigenvalue weighted by molar-refractivity contribution is 5.94. The van der Waals surface area contributed by atoms with E-state index in [1.807, 2.05) is 6.07 Å². The Morgan fingerprint density at radius 3 is 2.76 bits per heavy atom. The van der Waals surface area contributed by atoms with Crippen molar-refractivity contribution < 1.29 is 24.2 Å². The van der Waals surface area contributed by atoms with Crippen molar-refractivity contribution in [1.29, 1.82) is 0 Å². The standard InChI is InChI=1S/C16H18O5/c1-3-21-16(19)15-12(8-10(17)9-13(15)18)11-6-4-5-7-14(11)20-2/h4-7,9,12,15,18H,3,8H2,1-2H3. The van der Waals surface area contributed by atoms with Crippen LogP contribution < -0.4 is 4.74 Å². The number of esters is 1. The molecule has 0 radical (unpaired) electrons. The first-order chi connectivity index (χ1) is 10.1. The van der Waals surface area contributed by atoms with Crippen LogP contribution in [0.1, 0.15) is 24.8 Å². The number of para-hydroxylation sites is 1. The van der Waals surface area contributed by atoms with Crippen molar-refractivity contribution in [3.05, 3.63) is 41.7 Å². The minimum atomic E-state index is -0.876. The van der Waals surface area contributed by atoms with Gasteiger partial charge in [0.15, 0.2) is 5.78 Å². The summed E-state index contributed by atoms with van der Waals surface area (Å²) in [7, 11) is 1.53. The molecule has 0 saturated heterocycles. The summed E-state index contributed by atoms with van der Waals surface area (Å²) in [4.78, 5) is 23.9. The van der Waals surface area contributed by atoms with Crippen molar-refractivity contribution in [1.82, 2.24) is 0 Å². The maximum Gasteiger partial charge on any atom is 0.317 e. The molecular weight excluding hydrogens is 272 g/mol. The van der Waals surface area contributed by atoms with Crippen LogP contribution in [0.5, 0.6) is 5.75 Å². The molecule has 0 saturated carbocycles. The quantitative estimate of drug-likeness (QED) is 0.862. The van der Waals surface area contributed by atoms with Crippen LogP contribution in [-0.4, -0.2) is 30.6 Å². The van der Waals surface area contributed by atoms with E-state index in [1.54, 1.807) is 25.1 Å². The third kappa shape index (κ3) is 3.07. The number of benzene rings is 1. The van der Waals surface area contributed by atoms with E-state index in [0.29, 0.717) is 11.3 Å². The average molecular weight is 290 g/mol. The molecule has 21 heavy (non-hydrogen) atoms. The Balaban J connectivity index is 2.45. The normalized spacial score (nSPS) is 21.6. The molecule has 112 valence electrons. The first-order valence-electron chi connectivity index (χ1n) is 6.81. The molecule has 0 heterocycles. The molecule has 0 spiro atoms. The van der Waals surface area contributed by atoms with E-state index in [2.05, 4.69) is 0 Å². The first-order valence-corrected chi connectivity index (χ1v) is 6.81. The number of allylic oxidation sites excluding steroid dienone is 1. The summed E-state index contributed by atoms with van der Waals surface area (Å²) in [5, 5.41) is 10.0. The zero-order valence-corrected chi connectivity index (χ0v) is 12.0. The molecule has 1 aromatic carbocycles. The minimum Gasteiger partial charge on any atom is -0.511 e. The highest BCUT2D eigenvalue weighted by Crippen LogP contribution is 2.40. The summed E-state index contributed by atoms with van der Waals surface area (Å²) in [6.45, 7) is 1.92. The van der Waals surface area contributed by atoms with Gasteiger partial charge >= 0.3 is 5.97 Å². The van der Waals surface area contributed by atoms with Crippen molar-refractivity contribution in [3.8, 4) is 5.75 Å². The highest BCUT2D eigenvalue weighted by Gasteiger charge is 2.39. The van der Waals surface area contributed by atoms with Gasteiger partial charge in [-0.1, -0.05) is 18.2 Å². The molecule has 0 aromatic heterocycles. The molecule has 1 aliphatic rings. The predicted octanol–water partition coefficient (Wildman–Crippen LogP) is 2.37. The molecule has 5 heteroatoms. The summed E-state index contributed by atoms with van der Waals surface area (Å²) in [5.41, 5.74) is 0.714. The highest BCUT2D eigenvalue weighted by atomic mass is 16.5. The van der Waals surface area contributed by atoms with Crippen LogP contribution in [0.4, 0.5) is 0 Å². The van der Waals surface area contributed by atoms with Crippen molar-refractivity contribution in [3.63, 3.8) is 0 Å². The summed E-state index contributed by atoms with van der Waals surface area (Å²) >= 11 is 0. The fraction of sp³-hybridized carbons (Fsp3) is 0.375. The molecule has 0 aliphatic heterocycles. The molecule has 2 unspecified atom stereocenters. The van der Waals surface area contributed by atoms with E-state index in [-0.39, 0.29) is 24.6 Å². The molecule has 1 aromatic rings. The van der Waals surface area contributed by atoms with E-state index in [1.165, 1.54) is 7.11 Å². The molecular formula is C16H18O5. The summed E-state index contributed by atoms with van der Waals surface area (Å²) in [6.07, 6.45) is 1.24. The Kier molecular flexibility index (Phi) is 4.62. The predicted molar refractivity (Wildman–Crippen MR) is 76.2 cm³/mol. The number of carbonyl (C=O) groups is 2. The topological polar surface area (TPSA) is 72.8 Å². The summed E-state index contributed by atoms with van der Waals surface area (Å²) in [5.74, 6) is -1.78. The molecule has 5 nitrogen and oxygen atoms in total. The van der Waals surface area contributed by atoms with Gasteiger partial charge in [-0.3, -0.25) is 9.59 Å². The number of aliphatic hydroxyl groups is 1. The van der Waals surface area contributed by atoms with E-state index >= 15 is 0 Å². The molecule has 0 amide bonds. The average Bonchev–Trinajstić information content (AvgIpc) is 2.46. The van der Waals surface area contributed by atoms with Gasteiger partial charge in [0.05, 0.1) is 13.7 Å². The van der Waals surface area contributed by atoms with Gasteiger partial charge in [0.2, 0.25) is 0 Å². The molecule has 0 fully saturated rings. The monoisotopic (exact) mass is 290 g/mol.